The number of piperidine rings is 1. The van der Waals surface area contributed by atoms with Crippen LogP contribution in [0, 0.1) is 16.7 Å². The van der Waals surface area contributed by atoms with Crippen LogP contribution in [0.2, 0.25) is 0 Å². The van der Waals surface area contributed by atoms with Gasteiger partial charge in [0.1, 0.15) is 0 Å². The summed E-state index contributed by atoms with van der Waals surface area (Å²) in [5.74, 6) is 0.869. The predicted octanol–water partition coefficient (Wildman–Crippen LogP) is 3.33. The van der Waals surface area contributed by atoms with Gasteiger partial charge in [-0.15, -0.1) is 0 Å². The number of nitrogens with zero attached hydrogens (tertiary/aromatic N) is 1. The van der Waals surface area contributed by atoms with Gasteiger partial charge < -0.3 is 15.0 Å². The lowest BCUT2D eigenvalue weighted by Crippen LogP contribution is -2.58. The molecule has 0 aromatic carbocycles. The summed E-state index contributed by atoms with van der Waals surface area (Å²) in [6.45, 7) is 5.13. The molecule has 3 heteroatoms. The molecule has 3 nitrogen and oxygen atoms in total. The molecule has 0 bridgehead atoms. The van der Waals surface area contributed by atoms with Gasteiger partial charge in [-0.1, -0.05) is 6.42 Å². The number of hydrogen-bond donors (Lipinski definition) is 1. The quantitative estimate of drug-likeness (QED) is 0.789. The lowest BCUT2D eigenvalue weighted by molar-refractivity contribution is -0.155. The molecule has 6 aliphatic rings. The maximum Gasteiger partial charge on any atom is 0.0605 e. The Bertz CT molecular complexity index is 490. The normalized spacial score (nSPS) is 52.8. The Morgan fingerprint density at radius 1 is 0.875 bits per heavy atom. The maximum absolute atomic E-state index is 6.41. The van der Waals surface area contributed by atoms with Crippen molar-refractivity contribution in [2.24, 2.45) is 16.7 Å². The zero-order chi connectivity index (χ0) is 15.8. The topological polar surface area (TPSA) is 34.4 Å². The Morgan fingerprint density at radius 2 is 1.62 bits per heavy atom. The average Bonchev–Trinajstić information content (AvgIpc) is 3.31. The van der Waals surface area contributed by atoms with Gasteiger partial charge in [-0.05, 0) is 94.0 Å². The molecule has 1 atom stereocenters. The first-order valence-electron chi connectivity index (χ1n) is 10.8. The SMILES string of the molecule is C1CC2(C1)CCN(C1CC3(CCC(C4CC5(CN5)C4)OC3)C1)CC2. The summed E-state index contributed by atoms with van der Waals surface area (Å²) >= 11 is 0. The van der Waals surface area contributed by atoms with E-state index in [1.54, 1.807) is 0 Å². The van der Waals surface area contributed by atoms with Crippen molar-refractivity contribution in [1.29, 1.82) is 0 Å². The first-order chi connectivity index (χ1) is 11.7. The molecule has 3 saturated heterocycles. The molecule has 0 amide bonds. The van der Waals surface area contributed by atoms with Crippen LogP contribution in [0.15, 0.2) is 0 Å². The Labute approximate surface area is 146 Å². The zero-order valence-electron chi connectivity index (χ0n) is 15.2. The van der Waals surface area contributed by atoms with Gasteiger partial charge >= 0.3 is 0 Å². The fourth-order valence-corrected chi connectivity index (χ4v) is 6.94. The van der Waals surface area contributed by atoms with Crippen molar-refractivity contribution in [2.75, 3.05) is 26.2 Å². The number of hydrogen-bond acceptors (Lipinski definition) is 3. The van der Waals surface area contributed by atoms with E-state index in [2.05, 4.69) is 10.2 Å². The molecule has 3 aliphatic heterocycles. The highest BCUT2D eigenvalue weighted by Crippen LogP contribution is 2.55. The van der Waals surface area contributed by atoms with E-state index in [1.165, 1.54) is 90.3 Å². The Kier molecular flexibility index (Phi) is 3.11. The summed E-state index contributed by atoms with van der Waals surface area (Å²) in [5.41, 5.74) is 1.97. The van der Waals surface area contributed by atoms with Crippen molar-refractivity contribution in [2.45, 2.75) is 88.3 Å². The van der Waals surface area contributed by atoms with Gasteiger partial charge in [-0.25, -0.2) is 0 Å². The monoisotopic (exact) mass is 330 g/mol. The van der Waals surface area contributed by atoms with Gasteiger partial charge in [0.05, 0.1) is 12.7 Å². The fourth-order valence-electron chi connectivity index (χ4n) is 6.94. The van der Waals surface area contributed by atoms with Crippen LogP contribution in [0.5, 0.6) is 0 Å². The lowest BCUT2D eigenvalue weighted by atomic mass is 9.59. The third-order valence-electron chi connectivity index (χ3n) is 9.20. The van der Waals surface area contributed by atoms with E-state index in [-0.39, 0.29) is 0 Å². The summed E-state index contributed by atoms with van der Waals surface area (Å²) < 4.78 is 6.41. The van der Waals surface area contributed by atoms with E-state index in [0.29, 0.717) is 17.1 Å². The van der Waals surface area contributed by atoms with E-state index >= 15 is 0 Å². The van der Waals surface area contributed by atoms with Crippen LogP contribution in [0.25, 0.3) is 0 Å². The summed E-state index contributed by atoms with van der Waals surface area (Å²) in [4.78, 5) is 2.84. The average molecular weight is 331 g/mol. The predicted molar refractivity (Wildman–Crippen MR) is 95.0 cm³/mol. The minimum atomic E-state index is 0.575. The number of nitrogens with one attached hydrogen (secondary N) is 1. The number of ether oxygens (including phenoxy) is 1. The first-order valence-corrected chi connectivity index (χ1v) is 10.8. The highest BCUT2D eigenvalue weighted by molar-refractivity contribution is 5.15. The van der Waals surface area contributed by atoms with Crippen molar-refractivity contribution in [3.63, 3.8) is 0 Å². The molecule has 3 saturated carbocycles. The van der Waals surface area contributed by atoms with E-state index in [4.69, 9.17) is 4.74 Å². The van der Waals surface area contributed by atoms with Crippen molar-refractivity contribution >= 4 is 0 Å². The van der Waals surface area contributed by atoms with Crippen LogP contribution >= 0.6 is 0 Å². The van der Waals surface area contributed by atoms with Gasteiger partial charge in [0.25, 0.3) is 0 Å². The minimum absolute atomic E-state index is 0.575. The highest BCUT2D eigenvalue weighted by Gasteiger charge is 2.57. The molecule has 0 radical (unpaired) electrons. The summed E-state index contributed by atoms with van der Waals surface area (Å²) in [5, 5.41) is 3.55. The van der Waals surface area contributed by atoms with Crippen LogP contribution in [0.4, 0.5) is 0 Å². The lowest BCUT2D eigenvalue weighted by Gasteiger charge is -2.58. The smallest absolute Gasteiger partial charge is 0.0605 e. The summed E-state index contributed by atoms with van der Waals surface area (Å²) in [6.07, 6.45) is 16.6. The molecule has 3 spiro atoms. The van der Waals surface area contributed by atoms with E-state index in [0.717, 1.165) is 24.0 Å². The fraction of sp³-hybridized carbons (Fsp3) is 1.00. The maximum atomic E-state index is 6.41. The molecule has 6 rings (SSSR count). The van der Waals surface area contributed by atoms with Crippen LogP contribution in [-0.4, -0.2) is 48.8 Å². The van der Waals surface area contributed by atoms with E-state index in [9.17, 15) is 0 Å². The Balaban J connectivity index is 0.976. The minimum Gasteiger partial charge on any atom is -0.377 e. The number of likely N-dealkylation sites (tertiary alicyclic amines) is 1. The van der Waals surface area contributed by atoms with E-state index in [1.807, 2.05) is 0 Å². The summed E-state index contributed by atoms with van der Waals surface area (Å²) in [7, 11) is 0. The molecular weight excluding hydrogens is 296 g/mol. The molecule has 0 aromatic rings. The molecule has 3 aliphatic carbocycles. The van der Waals surface area contributed by atoms with Crippen molar-refractivity contribution in [3.8, 4) is 0 Å². The third-order valence-corrected chi connectivity index (χ3v) is 9.20. The number of rotatable bonds is 2. The van der Waals surface area contributed by atoms with Gasteiger partial charge in [0.2, 0.25) is 0 Å². The van der Waals surface area contributed by atoms with Gasteiger partial charge in [-0.3, -0.25) is 0 Å². The third kappa shape index (κ3) is 2.27. The first kappa shape index (κ1) is 15.0. The molecule has 134 valence electrons. The molecule has 3 heterocycles. The largest absolute Gasteiger partial charge is 0.377 e. The second-order valence-electron chi connectivity index (χ2n) is 10.6. The highest BCUT2D eigenvalue weighted by atomic mass is 16.5. The second kappa shape index (κ2) is 4.98. The van der Waals surface area contributed by atoms with Gasteiger partial charge in [-0.2, -0.15) is 0 Å². The second-order valence-corrected chi connectivity index (χ2v) is 10.6. The zero-order valence-corrected chi connectivity index (χ0v) is 15.2. The molecular formula is C21H34N2O. The van der Waals surface area contributed by atoms with Gasteiger partial charge in [0.15, 0.2) is 0 Å². The van der Waals surface area contributed by atoms with Crippen molar-refractivity contribution < 1.29 is 4.74 Å². The molecule has 6 fully saturated rings. The van der Waals surface area contributed by atoms with E-state index < -0.39 is 0 Å². The standard InChI is InChI=1S/C21H34N2O/c1-3-19(4-1)6-8-23(9-7-19)17-12-20(13-17)5-2-18(24-15-20)16-10-21(11-16)14-22-21/h16-18,22H,1-15H2. The van der Waals surface area contributed by atoms with Crippen LogP contribution in [-0.2, 0) is 4.74 Å². The molecule has 24 heavy (non-hydrogen) atoms. The van der Waals surface area contributed by atoms with Crippen LogP contribution in [0.1, 0.15) is 70.6 Å². The molecule has 0 aromatic heterocycles. The van der Waals surface area contributed by atoms with Crippen LogP contribution < -0.4 is 5.32 Å². The van der Waals surface area contributed by atoms with Crippen molar-refractivity contribution in [3.05, 3.63) is 0 Å². The van der Waals surface area contributed by atoms with Gasteiger partial charge in [0, 0.05) is 18.1 Å². The Morgan fingerprint density at radius 3 is 2.17 bits per heavy atom. The Hall–Kier alpha value is -0.120. The molecule has 1 unspecified atom stereocenters. The van der Waals surface area contributed by atoms with Crippen molar-refractivity contribution in [1.82, 2.24) is 10.2 Å². The van der Waals surface area contributed by atoms with Crippen LogP contribution in [0.3, 0.4) is 0 Å². The summed E-state index contributed by atoms with van der Waals surface area (Å²) in [6, 6.07) is 0.894. The molecule has 1 N–H and O–H groups in total.